The molecule has 0 aliphatic carbocycles. The summed E-state index contributed by atoms with van der Waals surface area (Å²) >= 11 is 1.31. The summed E-state index contributed by atoms with van der Waals surface area (Å²) in [5.41, 5.74) is 1.96. The molecule has 0 unspecified atom stereocenters. The van der Waals surface area contributed by atoms with Crippen LogP contribution < -0.4 is 0 Å². The van der Waals surface area contributed by atoms with E-state index in [1.54, 1.807) is 6.20 Å². The van der Waals surface area contributed by atoms with Crippen molar-refractivity contribution in [2.45, 2.75) is 4.17 Å². The number of aromatic nitrogens is 3. The van der Waals surface area contributed by atoms with Gasteiger partial charge in [-0.05, 0) is 0 Å². The molecule has 0 saturated carbocycles. The van der Waals surface area contributed by atoms with Crippen molar-refractivity contribution in [1.82, 2.24) is 15.4 Å². The van der Waals surface area contributed by atoms with Gasteiger partial charge < -0.3 is 0 Å². The minimum Gasteiger partial charge on any atom is -0.265 e. The molecule has 0 fully saturated rings. The number of H-pyrrole nitrogens is 1. The van der Waals surface area contributed by atoms with Gasteiger partial charge in [-0.1, -0.05) is 35.5 Å². The second kappa shape index (κ2) is 5.91. The van der Waals surface area contributed by atoms with E-state index in [0.29, 0.717) is 0 Å². The summed E-state index contributed by atoms with van der Waals surface area (Å²) in [5, 5.41) is 10.2. The molecular formula is C9H10N3Na. The number of hydrogen-bond donors (Lipinski definition) is 1. The fourth-order valence-electron chi connectivity index (χ4n) is 0.952. The molecule has 1 aromatic carbocycles. The molecule has 0 bridgehead atoms. The van der Waals surface area contributed by atoms with Crippen molar-refractivity contribution in [3.63, 3.8) is 0 Å². The van der Waals surface area contributed by atoms with Crippen molar-refractivity contribution < 1.29 is 0 Å². The molecule has 2 rings (SSSR count). The minimum atomic E-state index is 0.880. The van der Waals surface area contributed by atoms with Crippen LogP contribution in [0.15, 0.2) is 36.5 Å². The maximum Gasteiger partial charge on any atom is 0.112 e. The Balaban J connectivity index is 0.000000396. The average Bonchev–Trinajstić information content (AvgIpc) is 2.75. The van der Waals surface area contributed by atoms with Gasteiger partial charge in [0.1, 0.15) is 5.69 Å². The molecule has 0 spiro atoms. The smallest absolute Gasteiger partial charge is 0.112 e. The summed E-state index contributed by atoms with van der Waals surface area (Å²) in [6.07, 6.45) is 1.77. The van der Waals surface area contributed by atoms with Gasteiger partial charge in [-0.3, -0.25) is 5.10 Å². The van der Waals surface area contributed by atoms with E-state index in [2.05, 4.69) is 19.6 Å². The van der Waals surface area contributed by atoms with Crippen molar-refractivity contribution in [2.24, 2.45) is 0 Å². The third kappa shape index (κ3) is 2.95. The number of nitrogens with one attached hydrogen (secondary N) is 1. The van der Waals surface area contributed by atoms with Gasteiger partial charge in [0.25, 0.3) is 0 Å². The standard InChI is InChI=1S/C8H7N3.CH3.Na/c1-2-4-7(5-3-1)8-6-9-11-10-8;;/h1-6H,(H,9,10,11);1H3;. The molecule has 0 saturated heterocycles. The van der Waals surface area contributed by atoms with Crippen LogP contribution in [0.25, 0.3) is 11.3 Å². The molecule has 62 valence electrons. The second-order valence-electron chi connectivity index (χ2n) is 2.22. The molecule has 13 heavy (non-hydrogen) atoms. The number of hydrogen-bond acceptors (Lipinski definition) is 2. The Bertz CT molecular complexity index is 318. The van der Waals surface area contributed by atoms with Crippen LogP contribution in [0.3, 0.4) is 0 Å². The predicted molar refractivity (Wildman–Crippen MR) is 53.4 cm³/mol. The maximum atomic E-state index is 3.88. The Labute approximate surface area is 95.0 Å². The number of nitrogens with zero attached hydrogens (tertiary/aromatic N) is 2. The fraction of sp³-hybridized carbons (Fsp3) is 0.111. The summed E-state index contributed by atoms with van der Waals surface area (Å²) in [6, 6.07) is 9.92. The summed E-state index contributed by atoms with van der Waals surface area (Å²) in [6.45, 7) is 0. The van der Waals surface area contributed by atoms with Crippen LogP contribution in [0.5, 0.6) is 0 Å². The zero-order valence-corrected chi connectivity index (χ0v) is 9.86. The Hall–Kier alpha value is -0.640. The van der Waals surface area contributed by atoms with Crippen LogP contribution in [-0.4, -0.2) is 43.3 Å². The van der Waals surface area contributed by atoms with Crippen molar-refractivity contribution in [3.8, 4) is 11.3 Å². The molecule has 0 aliphatic rings. The molecule has 2 aromatic rings. The Morgan fingerprint density at radius 1 is 1.15 bits per heavy atom. The third-order valence-electron chi connectivity index (χ3n) is 1.49. The first kappa shape index (κ1) is 10.4. The van der Waals surface area contributed by atoms with Crippen LogP contribution in [-0.2, 0) is 0 Å². The van der Waals surface area contributed by atoms with Crippen LogP contribution >= 0.6 is 0 Å². The molecule has 0 aliphatic heterocycles. The Morgan fingerprint density at radius 2 is 1.85 bits per heavy atom. The van der Waals surface area contributed by atoms with Gasteiger partial charge in [0.15, 0.2) is 0 Å². The van der Waals surface area contributed by atoms with Crippen molar-refractivity contribution in [1.29, 1.82) is 0 Å². The molecule has 1 heterocycles. The Kier molecular flexibility index (Phi) is 4.75. The molecule has 0 radical (unpaired) electrons. The van der Waals surface area contributed by atoms with E-state index in [9.17, 15) is 0 Å². The summed E-state index contributed by atoms with van der Waals surface area (Å²) in [7, 11) is 0. The largest absolute Gasteiger partial charge is 0.265 e. The normalized spacial score (nSPS) is 8.85. The van der Waals surface area contributed by atoms with E-state index in [1.807, 2.05) is 30.3 Å². The first-order valence-corrected chi connectivity index (χ1v) is 6.39. The van der Waals surface area contributed by atoms with Crippen LogP contribution in [0.2, 0.25) is 4.17 Å². The Morgan fingerprint density at radius 3 is 2.38 bits per heavy atom. The zero-order valence-electron chi connectivity index (χ0n) is 7.86. The van der Waals surface area contributed by atoms with Crippen LogP contribution in [0.1, 0.15) is 0 Å². The number of benzene rings is 1. The van der Waals surface area contributed by atoms with E-state index < -0.39 is 0 Å². The van der Waals surface area contributed by atoms with Gasteiger partial charge in [-0.25, -0.2) is 0 Å². The monoisotopic (exact) mass is 183 g/mol. The van der Waals surface area contributed by atoms with E-state index in [1.165, 1.54) is 27.9 Å². The second-order valence-corrected chi connectivity index (χ2v) is 2.22. The molecule has 1 N–H and O–H groups in total. The van der Waals surface area contributed by atoms with Gasteiger partial charge in [0.05, 0.1) is 0 Å². The average molecular weight is 183 g/mol. The molecule has 3 nitrogen and oxygen atoms in total. The SMILES string of the molecule is [CH3][Na].c1ccc(-c2c[nH]nn2)cc1. The molecule has 1 aromatic heterocycles. The summed E-state index contributed by atoms with van der Waals surface area (Å²) < 4.78 is 2.14. The fourth-order valence-corrected chi connectivity index (χ4v) is 0.952. The van der Waals surface area contributed by atoms with Crippen molar-refractivity contribution in [2.75, 3.05) is 0 Å². The molecule has 0 amide bonds. The quantitative estimate of drug-likeness (QED) is 0.683. The third-order valence-corrected chi connectivity index (χ3v) is 1.49. The molecule has 0 atom stereocenters. The number of rotatable bonds is 1. The van der Waals surface area contributed by atoms with E-state index in [0.717, 1.165) is 11.3 Å². The number of aromatic amines is 1. The van der Waals surface area contributed by atoms with Gasteiger partial charge in [0, 0.05) is 11.8 Å². The zero-order chi connectivity index (χ0) is 9.52. The maximum absolute atomic E-state index is 3.88. The van der Waals surface area contributed by atoms with E-state index in [4.69, 9.17) is 0 Å². The first-order valence-electron chi connectivity index (χ1n) is 4.39. The van der Waals surface area contributed by atoms with E-state index in [-0.39, 0.29) is 0 Å². The van der Waals surface area contributed by atoms with Gasteiger partial charge in [-0.15, -0.1) is 5.10 Å². The minimum absolute atomic E-state index is 0.880. The van der Waals surface area contributed by atoms with Gasteiger partial charge in [0.2, 0.25) is 0 Å². The van der Waals surface area contributed by atoms with Crippen molar-refractivity contribution in [3.05, 3.63) is 36.5 Å². The van der Waals surface area contributed by atoms with E-state index >= 15 is 0 Å². The van der Waals surface area contributed by atoms with Gasteiger partial charge in [-0.2, -0.15) is 0 Å². The topological polar surface area (TPSA) is 41.6 Å². The van der Waals surface area contributed by atoms with Crippen LogP contribution in [0, 0.1) is 0 Å². The van der Waals surface area contributed by atoms with Gasteiger partial charge >= 0.3 is 32.1 Å². The first-order chi connectivity index (χ1) is 6.47. The molecular weight excluding hydrogens is 173 g/mol. The predicted octanol–water partition coefficient (Wildman–Crippen LogP) is 1.67. The molecule has 4 heteroatoms. The van der Waals surface area contributed by atoms with Crippen LogP contribution in [0.4, 0.5) is 0 Å². The van der Waals surface area contributed by atoms with Crippen molar-refractivity contribution >= 4 is 27.9 Å². The summed E-state index contributed by atoms with van der Waals surface area (Å²) in [4.78, 5) is 0. The summed E-state index contributed by atoms with van der Waals surface area (Å²) in [5.74, 6) is 0.